The van der Waals surface area contributed by atoms with Crippen LogP contribution in [0.15, 0.2) is 16.9 Å². The van der Waals surface area contributed by atoms with E-state index in [1.807, 2.05) is 11.8 Å². The van der Waals surface area contributed by atoms with Gasteiger partial charge in [-0.3, -0.25) is 9.59 Å². The van der Waals surface area contributed by atoms with E-state index >= 15 is 0 Å². The Morgan fingerprint density at radius 3 is 2.52 bits per heavy atom. The molecule has 1 aromatic carbocycles. The first kappa shape index (κ1) is 21.1. The molecule has 1 aliphatic heterocycles. The van der Waals surface area contributed by atoms with Gasteiger partial charge in [0, 0.05) is 19.2 Å². The highest BCUT2D eigenvalue weighted by Gasteiger charge is 2.24. The average molecular weight is 404 g/mol. The maximum atomic E-state index is 12.7. The first-order chi connectivity index (χ1) is 13.9. The molecule has 1 aromatic heterocycles. The summed E-state index contributed by atoms with van der Waals surface area (Å²) in [4.78, 5) is 35.7. The van der Waals surface area contributed by atoms with Crippen LogP contribution in [0.2, 0.25) is 0 Å². The molecule has 1 unspecified atom stereocenters. The quantitative estimate of drug-likeness (QED) is 0.707. The summed E-state index contributed by atoms with van der Waals surface area (Å²) in [5.41, 5.74) is 0.325. The van der Waals surface area contributed by atoms with Crippen LogP contribution in [-0.4, -0.2) is 61.2 Å². The number of benzene rings is 1. The number of carbonyl (C=O) groups is 1. The highest BCUT2D eigenvalue weighted by Crippen LogP contribution is 2.29. The molecular weight excluding hydrogens is 372 g/mol. The number of piperidine rings is 1. The third-order valence-corrected chi connectivity index (χ3v) is 5.71. The average Bonchev–Trinajstić information content (AvgIpc) is 2.72. The molecule has 0 radical (unpaired) electrons. The number of likely N-dealkylation sites (N-methyl/N-ethyl adjacent to an activating group) is 1. The Balaban J connectivity index is 1.76. The number of hydrogen-bond acceptors (Lipinski definition) is 5. The van der Waals surface area contributed by atoms with Gasteiger partial charge in [-0.2, -0.15) is 0 Å². The topological polar surface area (TPSA) is 89.0 Å². The van der Waals surface area contributed by atoms with Crippen molar-refractivity contribution in [3.63, 3.8) is 0 Å². The van der Waals surface area contributed by atoms with Gasteiger partial charge in [0.05, 0.1) is 31.7 Å². The van der Waals surface area contributed by atoms with E-state index in [1.165, 1.54) is 7.11 Å². The lowest BCUT2D eigenvalue weighted by Gasteiger charge is -2.31. The van der Waals surface area contributed by atoms with Crippen LogP contribution in [0.5, 0.6) is 11.5 Å². The number of ether oxygens (including phenoxy) is 2. The van der Waals surface area contributed by atoms with Crippen LogP contribution in [0.3, 0.4) is 0 Å². The van der Waals surface area contributed by atoms with Gasteiger partial charge in [0.2, 0.25) is 0 Å². The summed E-state index contributed by atoms with van der Waals surface area (Å²) < 4.78 is 10.6. The summed E-state index contributed by atoms with van der Waals surface area (Å²) in [5.74, 6) is 2.44. The maximum absolute atomic E-state index is 12.7. The number of methoxy groups -OCH3 is 2. The van der Waals surface area contributed by atoms with E-state index in [4.69, 9.17) is 9.47 Å². The second kappa shape index (κ2) is 9.26. The molecule has 8 nitrogen and oxygen atoms in total. The second-order valence-corrected chi connectivity index (χ2v) is 7.76. The van der Waals surface area contributed by atoms with E-state index < -0.39 is 0 Å². The van der Waals surface area contributed by atoms with E-state index in [1.54, 1.807) is 19.2 Å². The maximum Gasteiger partial charge on any atom is 0.277 e. The van der Waals surface area contributed by atoms with Crippen molar-refractivity contribution in [3.8, 4) is 11.5 Å². The molecule has 0 saturated carbocycles. The molecule has 0 aliphatic carbocycles. The Morgan fingerprint density at radius 2 is 1.90 bits per heavy atom. The molecule has 0 spiro atoms. The number of quaternary nitrogens is 1. The van der Waals surface area contributed by atoms with Gasteiger partial charge in [-0.05, 0) is 31.7 Å². The third-order valence-electron chi connectivity index (χ3n) is 5.71. The summed E-state index contributed by atoms with van der Waals surface area (Å²) >= 11 is 0. The normalized spacial score (nSPS) is 16.1. The van der Waals surface area contributed by atoms with Gasteiger partial charge in [0.25, 0.3) is 11.5 Å². The molecular formula is C21H31N4O4+. The lowest BCUT2D eigenvalue weighted by Crippen LogP contribution is -3.11. The number of hydrogen-bond donors (Lipinski definition) is 2. The highest BCUT2D eigenvalue weighted by atomic mass is 16.5. The Morgan fingerprint density at radius 1 is 1.24 bits per heavy atom. The zero-order valence-corrected chi connectivity index (χ0v) is 17.7. The third kappa shape index (κ3) is 4.87. The van der Waals surface area contributed by atoms with Crippen molar-refractivity contribution in [1.29, 1.82) is 0 Å². The van der Waals surface area contributed by atoms with Crippen molar-refractivity contribution in [2.45, 2.75) is 33.2 Å². The van der Waals surface area contributed by atoms with Crippen molar-refractivity contribution < 1.29 is 19.2 Å². The predicted octanol–water partition coefficient (Wildman–Crippen LogP) is 0.604. The molecule has 1 saturated heterocycles. The fourth-order valence-electron chi connectivity index (χ4n) is 3.73. The largest absolute Gasteiger partial charge is 0.493 e. The lowest BCUT2D eigenvalue weighted by atomic mass is 9.99. The smallest absolute Gasteiger partial charge is 0.277 e. The first-order valence-corrected chi connectivity index (χ1v) is 10.2. The molecule has 158 valence electrons. The SMILES string of the molecule is CC[NH+](CC(=O)N1CCC(C)CC1)Cc1nc2cc(OC)c(OC)cc2c(=O)[nH]1. The van der Waals surface area contributed by atoms with Gasteiger partial charge in [0.1, 0.15) is 6.54 Å². The summed E-state index contributed by atoms with van der Waals surface area (Å²) in [5, 5.41) is 0.447. The molecule has 29 heavy (non-hydrogen) atoms. The standard InChI is InChI=1S/C21H30N4O4/c1-5-24(13-20(26)25-8-6-14(2)7-9-25)12-19-22-16-11-18(29-4)17(28-3)10-15(16)21(27)23-19/h10-11,14H,5-9,12-13H2,1-4H3,(H,22,23,27)/p+1. The number of rotatable bonds is 7. The molecule has 2 aromatic rings. The summed E-state index contributed by atoms with van der Waals surface area (Å²) in [6, 6.07) is 3.34. The minimum atomic E-state index is -0.224. The number of fused-ring (bicyclic) bond motifs is 1. The zero-order chi connectivity index (χ0) is 21.0. The van der Waals surface area contributed by atoms with E-state index in [-0.39, 0.29) is 11.5 Å². The molecule has 1 fully saturated rings. The minimum Gasteiger partial charge on any atom is -0.493 e. The van der Waals surface area contributed by atoms with Crippen molar-refractivity contribution in [3.05, 3.63) is 28.3 Å². The van der Waals surface area contributed by atoms with Gasteiger partial charge in [-0.15, -0.1) is 0 Å². The molecule has 1 aliphatic rings. The minimum absolute atomic E-state index is 0.170. The van der Waals surface area contributed by atoms with Crippen LogP contribution < -0.4 is 19.9 Å². The molecule has 1 amide bonds. The van der Waals surface area contributed by atoms with Crippen LogP contribution in [0.25, 0.3) is 10.9 Å². The number of carbonyl (C=O) groups excluding carboxylic acids is 1. The van der Waals surface area contributed by atoms with E-state index in [0.717, 1.165) is 37.4 Å². The van der Waals surface area contributed by atoms with Gasteiger partial charge in [-0.1, -0.05) is 6.92 Å². The van der Waals surface area contributed by atoms with Crippen LogP contribution in [-0.2, 0) is 11.3 Å². The van der Waals surface area contributed by atoms with E-state index in [0.29, 0.717) is 47.2 Å². The van der Waals surface area contributed by atoms with Gasteiger partial charge in [0.15, 0.2) is 23.9 Å². The number of aromatic amines is 1. The monoisotopic (exact) mass is 403 g/mol. The molecule has 8 heteroatoms. The van der Waals surface area contributed by atoms with E-state index in [2.05, 4.69) is 16.9 Å². The van der Waals surface area contributed by atoms with Gasteiger partial charge < -0.3 is 24.3 Å². The van der Waals surface area contributed by atoms with Crippen LogP contribution >= 0.6 is 0 Å². The number of H-pyrrole nitrogens is 1. The number of nitrogens with zero attached hydrogens (tertiary/aromatic N) is 2. The Hall–Kier alpha value is -2.61. The van der Waals surface area contributed by atoms with Crippen LogP contribution in [0.4, 0.5) is 0 Å². The van der Waals surface area contributed by atoms with Crippen LogP contribution in [0, 0.1) is 5.92 Å². The van der Waals surface area contributed by atoms with Gasteiger partial charge >= 0.3 is 0 Å². The lowest BCUT2D eigenvalue weighted by molar-refractivity contribution is -0.905. The van der Waals surface area contributed by atoms with Gasteiger partial charge in [-0.25, -0.2) is 4.98 Å². The molecule has 1 atom stereocenters. The Bertz CT molecular complexity index is 919. The van der Waals surface area contributed by atoms with Crippen molar-refractivity contribution in [1.82, 2.24) is 14.9 Å². The Kier molecular flexibility index (Phi) is 6.74. The first-order valence-electron chi connectivity index (χ1n) is 10.2. The zero-order valence-electron chi connectivity index (χ0n) is 17.7. The van der Waals surface area contributed by atoms with Crippen molar-refractivity contribution >= 4 is 16.8 Å². The summed E-state index contributed by atoms with van der Waals surface area (Å²) in [7, 11) is 3.08. The highest BCUT2D eigenvalue weighted by molar-refractivity contribution is 5.81. The van der Waals surface area contributed by atoms with Crippen molar-refractivity contribution in [2.75, 3.05) is 40.4 Å². The number of amides is 1. The molecule has 2 N–H and O–H groups in total. The number of likely N-dealkylation sites (tertiary alicyclic amines) is 1. The fourth-order valence-corrected chi connectivity index (χ4v) is 3.73. The second-order valence-electron chi connectivity index (χ2n) is 7.76. The fraction of sp³-hybridized carbons (Fsp3) is 0.571. The van der Waals surface area contributed by atoms with Crippen molar-refractivity contribution in [2.24, 2.45) is 5.92 Å². The van der Waals surface area contributed by atoms with Crippen LogP contribution in [0.1, 0.15) is 32.5 Å². The summed E-state index contributed by atoms with van der Waals surface area (Å²) in [6.45, 7) is 7.59. The predicted molar refractivity (Wildman–Crippen MR) is 111 cm³/mol. The summed E-state index contributed by atoms with van der Waals surface area (Å²) in [6.07, 6.45) is 2.14. The number of nitrogens with one attached hydrogen (secondary N) is 2. The Labute approximate surface area is 170 Å². The van der Waals surface area contributed by atoms with E-state index in [9.17, 15) is 9.59 Å². The molecule has 2 heterocycles. The molecule has 3 rings (SSSR count). The number of aromatic nitrogens is 2. The molecule has 0 bridgehead atoms.